The Kier molecular flexibility index (Phi) is 3.41. The number of rotatable bonds is 2. The predicted octanol–water partition coefficient (Wildman–Crippen LogP) is 2.35. The van der Waals surface area contributed by atoms with E-state index in [4.69, 9.17) is 9.47 Å². The third kappa shape index (κ3) is 2.70. The molecule has 1 saturated carbocycles. The Morgan fingerprint density at radius 3 is 2.32 bits per heavy atom. The van der Waals surface area contributed by atoms with Gasteiger partial charge in [-0.05, 0) is 26.7 Å². The Bertz CT molecular complexity index is 436. The molecule has 19 heavy (non-hydrogen) atoms. The van der Waals surface area contributed by atoms with Crippen molar-refractivity contribution in [2.24, 2.45) is 0 Å². The molecule has 1 aliphatic heterocycles. The average Bonchev–Trinajstić information content (AvgIpc) is 2.93. The Hall–Kier alpha value is -0.490. The molecule has 0 aromatic carbocycles. The molecule has 106 valence electrons. The number of ether oxygens (including phenoxy) is 2. The summed E-state index contributed by atoms with van der Waals surface area (Å²) in [7, 11) is 0. The Balaban J connectivity index is 1.65. The van der Waals surface area contributed by atoms with Crippen molar-refractivity contribution in [1.29, 1.82) is 0 Å². The van der Waals surface area contributed by atoms with Gasteiger partial charge in [-0.1, -0.05) is 0 Å². The zero-order valence-corrected chi connectivity index (χ0v) is 12.4. The van der Waals surface area contributed by atoms with Crippen LogP contribution in [0.15, 0.2) is 0 Å². The highest BCUT2D eigenvalue weighted by Gasteiger charge is 2.45. The van der Waals surface area contributed by atoms with Crippen LogP contribution in [0.5, 0.6) is 0 Å². The molecule has 1 aromatic rings. The number of hydrogen-bond donors (Lipinski definition) is 1. The topological polar surface area (TPSA) is 51.6 Å². The number of thiazole rings is 1. The molecule has 1 aromatic heterocycles. The number of aryl methyl sites for hydroxylation is 2. The molecule has 0 amide bonds. The quantitative estimate of drug-likeness (QED) is 0.905. The third-order valence-electron chi connectivity index (χ3n) is 4.31. The van der Waals surface area contributed by atoms with Crippen LogP contribution in [0.25, 0.3) is 0 Å². The first kappa shape index (κ1) is 13.5. The molecule has 2 aliphatic rings. The van der Waals surface area contributed by atoms with Gasteiger partial charge in [0.25, 0.3) is 0 Å². The monoisotopic (exact) mass is 283 g/mol. The Morgan fingerprint density at radius 1 is 1.16 bits per heavy atom. The second-order valence-electron chi connectivity index (χ2n) is 5.76. The number of nitrogens with zero attached hydrogens (tertiary/aromatic N) is 1. The smallest absolute Gasteiger partial charge is 0.168 e. The van der Waals surface area contributed by atoms with E-state index < -0.39 is 11.4 Å². The van der Waals surface area contributed by atoms with Crippen molar-refractivity contribution in [3.05, 3.63) is 15.6 Å². The van der Waals surface area contributed by atoms with Crippen LogP contribution in [0.1, 0.15) is 41.3 Å². The molecular formula is C14H21NO3S. The highest BCUT2D eigenvalue weighted by Crippen LogP contribution is 2.41. The average molecular weight is 283 g/mol. The first-order valence-electron chi connectivity index (χ1n) is 6.94. The van der Waals surface area contributed by atoms with E-state index in [9.17, 15) is 5.11 Å². The lowest BCUT2D eigenvalue weighted by atomic mass is 9.79. The highest BCUT2D eigenvalue weighted by molar-refractivity contribution is 7.11. The molecule has 4 nitrogen and oxygen atoms in total. The van der Waals surface area contributed by atoms with Crippen molar-refractivity contribution in [3.8, 4) is 0 Å². The van der Waals surface area contributed by atoms with Crippen molar-refractivity contribution in [2.45, 2.75) is 57.3 Å². The summed E-state index contributed by atoms with van der Waals surface area (Å²) in [4.78, 5) is 5.78. The van der Waals surface area contributed by atoms with Crippen LogP contribution in [0.2, 0.25) is 0 Å². The third-order valence-corrected chi connectivity index (χ3v) is 5.38. The number of aliphatic hydroxyl groups is 1. The van der Waals surface area contributed by atoms with Crippen LogP contribution in [-0.2, 0) is 15.9 Å². The van der Waals surface area contributed by atoms with Crippen molar-refractivity contribution in [3.63, 3.8) is 0 Å². The van der Waals surface area contributed by atoms with E-state index in [1.807, 2.05) is 6.92 Å². The summed E-state index contributed by atoms with van der Waals surface area (Å²) in [6, 6.07) is 0. The van der Waals surface area contributed by atoms with E-state index in [2.05, 4.69) is 11.9 Å². The van der Waals surface area contributed by atoms with Crippen LogP contribution < -0.4 is 0 Å². The van der Waals surface area contributed by atoms with Gasteiger partial charge < -0.3 is 14.6 Å². The van der Waals surface area contributed by atoms with Gasteiger partial charge in [0.2, 0.25) is 0 Å². The fourth-order valence-corrected chi connectivity index (χ4v) is 4.03. The molecule has 2 fully saturated rings. The van der Waals surface area contributed by atoms with E-state index in [-0.39, 0.29) is 0 Å². The fraction of sp³-hybridized carbons (Fsp3) is 0.786. The molecule has 5 heteroatoms. The molecule has 3 rings (SSSR count). The van der Waals surface area contributed by atoms with E-state index in [0.29, 0.717) is 19.6 Å². The molecule has 1 saturated heterocycles. The summed E-state index contributed by atoms with van der Waals surface area (Å²) in [5.74, 6) is -0.402. The van der Waals surface area contributed by atoms with Gasteiger partial charge in [0, 0.05) is 24.1 Å². The molecule has 1 spiro atoms. The van der Waals surface area contributed by atoms with E-state index in [0.717, 1.165) is 36.4 Å². The first-order chi connectivity index (χ1) is 9.00. The molecule has 0 unspecified atom stereocenters. The lowest BCUT2D eigenvalue weighted by Gasteiger charge is -2.40. The van der Waals surface area contributed by atoms with Gasteiger partial charge in [0.15, 0.2) is 5.79 Å². The molecule has 0 atom stereocenters. The minimum Gasteiger partial charge on any atom is -0.389 e. The number of hydrogen-bond acceptors (Lipinski definition) is 5. The largest absolute Gasteiger partial charge is 0.389 e. The van der Waals surface area contributed by atoms with Gasteiger partial charge in [-0.3, -0.25) is 0 Å². The summed E-state index contributed by atoms with van der Waals surface area (Å²) < 4.78 is 11.4. The van der Waals surface area contributed by atoms with Crippen LogP contribution in [0, 0.1) is 13.8 Å². The standard InChI is InChI=1S/C14H21NO3S/c1-10-11(2)19-12(15-10)9-13(16)3-5-14(6-4-13)17-7-8-18-14/h16H,3-9H2,1-2H3. The molecule has 0 bridgehead atoms. The SMILES string of the molecule is Cc1nc(CC2(O)CCC3(CC2)OCCO3)sc1C. The summed E-state index contributed by atoms with van der Waals surface area (Å²) in [6.07, 6.45) is 3.68. The van der Waals surface area contributed by atoms with Crippen molar-refractivity contribution < 1.29 is 14.6 Å². The van der Waals surface area contributed by atoms with E-state index in [1.54, 1.807) is 11.3 Å². The molecule has 1 N–H and O–H groups in total. The van der Waals surface area contributed by atoms with Gasteiger partial charge in [-0.2, -0.15) is 0 Å². The highest BCUT2D eigenvalue weighted by atomic mass is 32.1. The fourth-order valence-electron chi connectivity index (χ4n) is 2.95. The second-order valence-corrected chi connectivity index (χ2v) is 7.05. The van der Waals surface area contributed by atoms with Crippen LogP contribution in [0.4, 0.5) is 0 Å². The predicted molar refractivity (Wildman–Crippen MR) is 73.3 cm³/mol. The molecule has 0 radical (unpaired) electrons. The Morgan fingerprint density at radius 2 is 1.79 bits per heavy atom. The lowest BCUT2D eigenvalue weighted by Crippen LogP contribution is -2.44. The van der Waals surface area contributed by atoms with Crippen LogP contribution in [-0.4, -0.2) is 34.7 Å². The van der Waals surface area contributed by atoms with Gasteiger partial charge in [-0.15, -0.1) is 11.3 Å². The molecule has 2 heterocycles. The van der Waals surface area contributed by atoms with Gasteiger partial charge >= 0.3 is 0 Å². The molecular weight excluding hydrogens is 262 g/mol. The lowest BCUT2D eigenvalue weighted by molar-refractivity contribution is -0.202. The summed E-state index contributed by atoms with van der Waals surface area (Å²) in [6.45, 7) is 5.47. The summed E-state index contributed by atoms with van der Waals surface area (Å²) in [5.41, 5.74) is 0.440. The number of aromatic nitrogens is 1. The summed E-state index contributed by atoms with van der Waals surface area (Å²) >= 11 is 1.70. The van der Waals surface area contributed by atoms with Gasteiger partial charge in [0.05, 0.1) is 29.5 Å². The maximum Gasteiger partial charge on any atom is 0.168 e. The first-order valence-corrected chi connectivity index (χ1v) is 7.75. The zero-order chi connectivity index (χ0) is 13.5. The van der Waals surface area contributed by atoms with Crippen molar-refractivity contribution in [2.75, 3.05) is 13.2 Å². The van der Waals surface area contributed by atoms with E-state index >= 15 is 0 Å². The normalized spacial score (nSPS) is 25.0. The minimum absolute atomic E-state index is 0.402. The maximum atomic E-state index is 10.7. The van der Waals surface area contributed by atoms with E-state index in [1.165, 1.54) is 4.88 Å². The Labute approximate surface area is 117 Å². The second kappa shape index (κ2) is 4.81. The zero-order valence-electron chi connectivity index (χ0n) is 11.6. The van der Waals surface area contributed by atoms with Gasteiger partial charge in [-0.25, -0.2) is 4.98 Å². The minimum atomic E-state index is -0.642. The van der Waals surface area contributed by atoms with Gasteiger partial charge in [0.1, 0.15) is 0 Å². The van der Waals surface area contributed by atoms with Crippen molar-refractivity contribution in [1.82, 2.24) is 4.98 Å². The van der Waals surface area contributed by atoms with Crippen LogP contribution in [0.3, 0.4) is 0 Å². The summed E-state index contributed by atoms with van der Waals surface area (Å²) in [5, 5.41) is 11.8. The maximum absolute atomic E-state index is 10.7. The molecule has 1 aliphatic carbocycles. The van der Waals surface area contributed by atoms with Crippen molar-refractivity contribution >= 4 is 11.3 Å². The van der Waals surface area contributed by atoms with Crippen LogP contribution >= 0.6 is 11.3 Å².